The molecule has 5 nitrogen and oxygen atoms in total. The van der Waals surface area contributed by atoms with Crippen molar-refractivity contribution in [3.8, 4) is 0 Å². The molecule has 0 saturated heterocycles. The monoisotopic (exact) mass is 366 g/mol. The van der Waals surface area contributed by atoms with Crippen LogP contribution in [0.25, 0.3) is 0 Å². The standard InChI is InChI=1S/C22H30N4O/c1-6-7-19(22-17-10-14(2)8-9-18(17)24-25-22)23-20-12-21(26(5)13-27)16(4)11-15(20)3/h11-14H,6-10H2,1-5H3,(H,24,25)/b23-19+. The van der Waals surface area contributed by atoms with Gasteiger partial charge >= 0.3 is 0 Å². The van der Waals surface area contributed by atoms with Crippen LogP contribution in [-0.2, 0) is 17.6 Å². The summed E-state index contributed by atoms with van der Waals surface area (Å²) in [7, 11) is 1.77. The molecule has 2 aromatic rings. The first-order chi connectivity index (χ1) is 12.9. The summed E-state index contributed by atoms with van der Waals surface area (Å²) < 4.78 is 0. The van der Waals surface area contributed by atoms with E-state index in [1.54, 1.807) is 11.9 Å². The van der Waals surface area contributed by atoms with E-state index >= 15 is 0 Å². The molecule has 1 heterocycles. The van der Waals surface area contributed by atoms with Crippen molar-refractivity contribution in [2.75, 3.05) is 11.9 Å². The molecule has 0 saturated carbocycles. The molecular weight excluding hydrogens is 336 g/mol. The summed E-state index contributed by atoms with van der Waals surface area (Å²) in [5, 5.41) is 7.89. The number of carbonyl (C=O) groups is 1. The predicted octanol–water partition coefficient (Wildman–Crippen LogP) is 4.66. The number of H-pyrrole nitrogens is 1. The summed E-state index contributed by atoms with van der Waals surface area (Å²) in [6.07, 6.45) is 6.09. The Labute approximate surface area is 161 Å². The van der Waals surface area contributed by atoms with Crippen molar-refractivity contribution < 1.29 is 4.79 Å². The van der Waals surface area contributed by atoms with Crippen LogP contribution >= 0.6 is 0 Å². The van der Waals surface area contributed by atoms with Crippen LogP contribution in [0.5, 0.6) is 0 Å². The van der Waals surface area contributed by atoms with Crippen LogP contribution in [0.1, 0.15) is 61.2 Å². The van der Waals surface area contributed by atoms with Gasteiger partial charge in [-0.25, -0.2) is 0 Å². The topological polar surface area (TPSA) is 61.4 Å². The first-order valence-corrected chi connectivity index (χ1v) is 9.88. The molecule has 1 aliphatic rings. The van der Waals surface area contributed by atoms with E-state index in [0.717, 1.165) is 66.0 Å². The number of nitrogens with zero attached hydrogens (tertiary/aromatic N) is 3. The number of hydrogen-bond donors (Lipinski definition) is 1. The average molecular weight is 367 g/mol. The molecule has 1 aliphatic carbocycles. The van der Waals surface area contributed by atoms with Gasteiger partial charge in [-0.3, -0.25) is 14.9 Å². The van der Waals surface area contributed by atoms with E-state index < -0.39 is 0 Å². The number of rotatable bonds is 6. The number of nitrogens with one attached hydrogen (secondary N) is 1. The fourth-order valence-corrected chi connectivity index (χ4v) is 3.90. The highest BCUT2D eigenvalue weighted by atomic mass is 16.1. The maximum Gasteiger partial charge on any atom is 0.213 e. The second kappa shape index (κ2) is 8.07. The largest absolute Gasteiger partial charge is 0.318 e. The summed E-state index contributed by atoms with van der Waals surface area (Å²) in [5.41, 5.74) is 8.67. The molecule has 0 aliphatic heterocycles. The van der Waals surface area contributed by atoms with E-state index in [1.165, 1.54) is 17.7 Å². The van der Waals surface area contributed by atoms with E-state index in [0.29, 0.717) is 5.92 Å². The molecule has 0 radical (unpaired) electrons. The number of aromatic amines is 1. The number of amides is 1. The van der Waals surface area contributed by atoms with Crippen molar-refractivity contribution in [3.05, 3.63) is 40.2 Å². The van der Waals surface area contributed by atoms with Crippen LogP contribution < -0.4 is 4.90 Å². The first kappa shape index (κ1) is 19.3. The lowest BCUT2D eigenvalue weighted by Gasteiger charge is -2.19. The summed E-state index contributed by atoms with van der Waals surface area (Å²) in [5.74, 6) is 0.686. The fraction of sp³-hybridized carbons (Fsp3) is 0.500. The zero-order valence-corrected chi connectivity index (χ0v) is 17.1. The molecule has 1 amide bonds. The van der Waals surface area contributed by atoms with Crippen LogP contribution in [0.4, 0.5) is 11.4 Å². The summed E-state index contributed by atoms with van der Waals surface area (Å²) in [6.45, 7) is 8.57. The van der Waals surface area contributed by atoms with Crippen molar-refractivity contribution in [3.63, 3.8) is 0 Å². The van der Waals surface area contributed by atoms with Crippen LogP contribution in [0, 0.1) is 19.8 Å². The number of anilines is 1. The molecular formula is C22H30N4O. The van der Waals surface area contributed by atoms with Crippen LogP contribution in [-0.4, -0.2) is 29.4 Å². The van der Waals surface area contributed by atoms with Gasteiger partial charge in [0.2, 0.25) is 6.41 Å². The molecule has 27 heavy (non-hydrogen) atoms. The lowest BCUT2D eigenvalue weighted by atomic mass is 9.86. The number of hydrogen-bond acceptors (Lipinski definition) is 3. The number of benzene rings is 1. The Hall–Kier alpha value is -2.43. The Bertz CT molecular complexity index is 865. The van der Waals surface area contributed by atoms with Crippen molar-refractivity contribution in [2.45, 2.75) is 59.8 Å². The quantitative estimate of drug-likeness (QED) is 0.597. The molecule has 1 unspecified atom stereocenters. The third-order valence-corrected chi connectivity index (χ3v) is 5.46. The van der Waals surface area contributed by atoms with Gasteiger partial charge in [-0.15, -0.1) is 0 Å². The second-order valence-corrected chi connectivity index (χ2v) is 7.83. The molecule has 1 N–H and O–H groups in total. The Kier molecular flexibility index (Phi) is 5.78. The molecule has 1 aromatic carbocycles. The number of aromatic nitrogens is 2. The highest BCUT2D eigenvalue weighted by molar-refractivity contribution is 6.02. The number of carbonyl (C=O) groups excluding carboxylic acids is 1. The Morgan fingerprint density at radius 2 is 2.15 bits per heavy atom. The van der Waals surface area contributed by atoms with Crippen molar-refractivity contribution in [2.24, 2.45) is 10.9 Å². The van der Waals surface area contributed by atoms with E-state index in [4.69, 9.17) is 4.99 Å². The molecule has 1 atom stereocenters. The third-order valence-electron chi connectivity index (χ3n) is 5.46. The zero-order chi connectivity index (χ0) is 19.6. The smallest absolute Gasteiger partial charge is 0.213 e. The predicted molar refractivity (Wildman–Crippen MR) is 111 cm³/mol. The maximum absolute atomic E-state index is 11.2. The van der Waals surface area contributed by atoms with Crippen molar-refractivity contribution >= 4 is 23.5 Å². The summed E-state index contributed by atoms with van der Waals surface area (Å²) >= 11 is 0. The normalized spacial score (nSPS) is 16.9. The molecule has 1 aromatic heterocycles. The summed E-state index contributed by atoms with van der Waals surface area (Å²) in [6, 6.07) is 4.11. The van der Waals surface area contributed by atoms with Crippen LogP contribution in [0.2, 0.25) is 0 Å². The number of fused-ring (bicyclic) bond motifs is 1. The van der Waals surface area contributed by atoms with E-state index in [2.05, 4.69) is 37.0 Å². The highest BCUT2D eigenvalue weighted by Crippen LogP contribution is 2.31. The lowest BCUT2D eigenvalue weighted by molar-refractivity contribution is -0.107. The van der Waals surface area contributed by atoms with Crippen LogP contribution in [0.3, 0.4) is 0 Å². The zero-order valence-electron chi connectivity index (χ0n) is 17.1. The molecule has 3 rings (SSSR count). The minimum absolute atomic E-state index is 0.686. The Balaban J connectivity index is 2.07. The minimum atomic E-state index is 0.686. The van der Waals surface area contributed by atoms with Gasteiger partial charge in [-0.1, -0.05) is 26.3 Å². The Morgan fingerprint density at radius 3 is 2.85 bits per heavy atom. The van der Waals surface area contributed by atoms with Gasteiger partial charge in [-0.05, 0) is 62.6 Å². The molecule has 0 spiro atoms. The van der Waals surface area contributed by atoms with Crippen molar-refractivity contribution in [1.29, 1.82) is 0 Å². The van der Waals surface area contributed by atoms with Gasteiger partial charge in [0.05, 0.1) is 11.4 Å². The third kappa shape index (κ3) is 3.97. The second-order valence-electron chi connectivity index (χ2n) is 7.83. The molecule has 144 valence electrons. The van der Waals surface area contributed by atoms with Gasteiger partial charge in [0.15, 0.2) is 0 Å². The number of aryl methyl sites for hydroxylation is 3. The van der Waals surface area contributed by atoms with E-state index in [-0.39, 0.29) is 0 Å². The fourth-order valence-electron chi connectivity index (χ4n) is 3.90. The first-order valence-electron chi connectivity index (χ1n) is 9.88. The average Bonchev–Trinajstić information content (AvgIpc) is 3.05. The van der Waals surface area contributed by atoms with Gasteiger partial charge in [0, 0.05) is 24.0 Å². The van der Waals surface area contributed by atoms with Gasteiger partial charge in [0.1, 0.15) is 5.69 Å². The SMILES string of the molecule is CCC/C(=N\c1cc(N(C)C=O)c(C)cc1C)c1n[nH]c2c1CC(C)CC2. The summed E-state index contributed by atoms with van der Waals surface area (Å²) in [4.78, 5) is 17.9. The van der Waals surface area contributed by atoms with Crippen LogP contribution in [0.15, 0.2) is 17.1 Å². The lowest BCUT2D eigenvalue weighted by Crippen LogP contribution is -2.15. The van der Waals surface area contributed by atoms with Crippen molar-refractivity contribution in [1.82, 2.24) is 10.2 Å². The molecule has 5 heteroatoms. The number of aliphatic imine (C=N–C) groups is 1. The van der Waals surface area contributed by atoms with E-state index in [1.807, 2.05) is 13.0 Å². The molecule has 0 bridgehead atoms. The molecule has 0 fully saturated rings. The van der Waals surface area contributed by atoms with E-state index in [9.17, 15) is 4.79 Å². The van der Waals surface area contributed by atoms with Gasteiger partial charge in [-0.2, -0.15) is 5.10 Å². The Morgan fingerprint density at radius 1 is 1.37 bits per heavy atom. The maximum atomic E-state index is 11.2. The highest BCUT2D eigenvalue weighted by Gasteiger charge is 2.23. The van der Waals surface area contributed by atoms with Gasteiger partial charge < -0.3 is 4.90 Å². The van der Waals surface area contributed by atoms with Gasteiger partial charge in [0.25, 0.3) is 0 Å². The minimum Gasteiger partial charge on any atom is -0.318 e.